The van der Waals surface area contributed by atoms with Crippen molar-refractivity contribution in [1.29, 1.82) is 0 Å². The maximum absolute atomic E-state index is 11.1. The number of primary amides is 1. The van der Waals surface area contributed by atoms with Gasteiger partial charge in [-0.3, -0.25) is 9.48 Å². The van der Waals surface area contributed by atoms with Crippen LogP contribution in [0.3, 0.4) is 0 Å². The first-order valence-corrected chi connectivity index (χ1v) is 7.63. The molecule has 0 aromatic carbocycles. The van der Waals surface area contributed by atoms with Crippen LogP contribution in [-0.2, 0) is 24.8 Å². The predicted octanol–water partition coefficient (Wildman–Crippen LogP) is 1.77. The second-order valence-electron chi connectivity index (χ2n) is 5.52. The van der Waals surface area contributed by atoms with Crippen LogP contribution in [0.15, 0.2) is 0 Å². The van der Waals surface area contributed by atoms with E-state index < -0.39 is 0 Å². The van der Waals surface area contributed by atoms with Gasteiger partial charge in [0.15, 0.2) is 0 Å². The standard InChI is InChI=1S/C14H23ClN4O/c1-3-11-13(15)12(19(2)18-11)8-17-10-6-4-9(5-7-10)14(16)20/h9-10,17H,3-8H2,1-2H3,(H2,16,20). The Bertz CT molecular complexity index is 478. The molecule has 0 bridgehead atoms. The normalized spacial score (nSPS) is 22.9. The number of halogens is 1. The maximum atomic E-state index is 11.1. The third-order valence-electron chi connectivity index (χ3n) is 4.19. The van der Waals surface area contributed by atoms with Gasteiger partial charge in [-0.15, -0.1) is 0 Å². The van der Waals surface area contributed by atoms with Crippen LogP contribution >= 0.6 is 11.6 Å². The summed E-state index contributed by atoms with van der Waals surface area (Å²) in [7, 11) is 1.92. The molecule has 0 spiro atoms. The van der Waals surface area contributed by atoms with Gasteiger partial charge < -0.3 is 11.1 Å². The highest BCUT2D eigenvalue weighted by atomic mass is 35.5. The van der Waals surface area contributed by atoms with Crippen molar-refractivity contribution < 1.29 is 4.79 Å². The molecular weight excluding hydrogens is 276 g/mol. The summed E-state index contributed by atoms with van der Waals surface area (Å²) in [5.74, 6) is -0.106. The molecule has 2 rings (SSSR count). The first-order chi connectivity index (χ1) is 9.52. The van der Waals surface area contributed by atoms with Gasteiger partial charge in [0, 0.05) is 25.6 Å². The fourth-order valence-corrected chi connectivity index (χ4v) is 3.20. The molecule has 6 heteroatoms. The van der Waals surface area contributed by atoms with Gasteiger partial charge in [-0.25, -0.2) is 0 Å². The van der Waals surface area contributed by atoms with Crippen LogP contribution in [0.2, 0.25) is 5.02 Å². The molecule has 1 aromatic heterocycles. The number of nitrogens with zero attached hydrogens (tertiary/aromatic N) is 2. The van der Waals surface area contributed by atoms with Crippen molar-refractivity contribution in [3.05, 3.63) is 16.4 Å². The average molecular weight is 299 g/mol. The van der Waals surface area contributed by atoms with Gasteiger partial charge >= 0.3 is 0 Å². The number of aromatic nitrogens is 2. The van der Waals surface area contributed by atoms with E-state index in [2.05, 4.69) is 17.3 Å². The molecule has 1 amide bonds. The monoisotopic (exact) mass is 298 g/mol. The number of amides is 1. The fourth-order valence-electron chi connectivity index (χ4n) is 2.83. The Balaban J connectivity index is 1.88. The van der Waals surface area contributed by atoms with Gasteiger partial charge in [-0.2, -0.15) is 5.10 Å². The van der Waals surface area contributed by atoms with E-state index in [-0.39, 0.29) is 11.8 Å². The number of nitrogens with two attached hydrogens (primary N) is 1. The quantitative estimate of drug-likeness (QED) is 0.870. The van der Waals surface area contributed by atoms with Crippen LogP contribution in [-0.4, -0.2) is 21.7 Å². The Labute approximate surface area is 124 Å². The van der Waals surface area contributed by atoms with Crippen molar-refractivity contribution in [2.24, 2.45) is 18.7 Å². The van der Waals surface area contributed by atoms with Crippen LogP contribution in [0, 0.1) is 5.92 Å². The number of aryl methyl sites for hydroxylation is 2. The molecule has 112 valence electrons. The number of carbonyl (C=O) groups excluding carboxylic acids is 1. The fraction of sp³-hybridized carbons (Fsp3) is 0.714. The summed E-state index contributed by atoms with van der Waals surface area (Å²) in [6.07, 6.45) is 4.59. The minimum absolute atomic E-state index is 0.0556. The van der Waals surface area contributed by atoms with Gasteiger partial charge in [-0.05, 0) is 32.1 Å². The van der Waals surface area contributed by atoms with Crippen molar-refractivity contribution in [3.63, 3.8) is 0 Å². The van der Waals surface area contributed by atoms with Crippen LogP contribution in [0.1, 0.15) is 44.0 Å². The summed E-state index contributed by atoms with van der Waals surface area (Å²) < 4.78 is 1.85. The topological polar surface area (TPSA) is 72.9 Å². The van der Waals surface area contributed by atoms with E-state index in [9.17, 15) is 4.79 Å². The zero-order chi connectivity index (χ0) is 14.7. The molecule has 1 aromatic rings. The highest BCUT2D eigenvalue weighted by molar-refractivity contribution is 6.31. The summed E-state index contributed by atoms with van der Waals surface area (Å²) in [6.45, 7) is 2.77. The van der Waals surface area contributed by atoms with E-state index in [1.54, 1.807) is 0 Å². The largest absolute Gasteiger partial charge is 0.369 e. The molecule has 1 aliphatic carbocycles. The number of nitrogens with one attached hydrogen (secondary N) is 1. The summed E-state index contributed by atoms with van der Waals surface area (Å²) in [5, 5.41) is 8.70. The molecular formula is C14H23ClN4O. The van der Waals surface area contributed by atoms with Gasteiger partial charge in [-0.1, -0.05) is 18.5 Å². The lowest BCUT2D eigenvalue weighted by Crippen LogP contribution is -2.36. The van der Waals surface area contributed by atoms with Crippen molar-refractivity contribution in [2.75, 3.05) is 0 Å². The van der Waals surface area contributed by atoms with Gasteiger partial charge in [0.2, 0.25) is 5.91 Å². The Hall–Kier alpha value is -1.07. The Morgan fingerprint density at radius 3 is 2.60 bits per heavy atom. The van der Waals surface area contributed by atoms with Crippen molar-refractivity contribution in [1.82, 2.24) is 15.1 Å². The Morgan fingerprint density at radius 1 is 1.45 bits per heavy atom. The molecule has 3 N–H and O–H groups in total. The zero-order valence-corrected chi connectivity index (χ0v) is 12.9. The van der Waals surface area contributed by atoms with Crippen molar-refractivity contribution >= 4 is 17.5 Å². The second-order valence-corrected chi connectivity index (χ2v) is 5.89. The van der Waals surface area contributed by atoms with Crippen LogP contribution in [0.4, 0.5) is 0 Å². The first-order valence-electron chi connectivity index (χ1n) is 7.25. The van der Waals surface area contributed by atoms with E-state index in [1.807, 2.05) is 11.7 Å². The van der Waals surface area contributed by atoms with Crippen LogP contribution in [0.25, 0.3) is 0 Å². The first kappa shape index (κ1) is 15.3. The van der Waals surface area contributed by atoms with E-state index >= 15 is 0 Å². The molecule has 1 saturated carbocycles. The summed E-state index contributed by atoms with van der Waals surface area (Å²) in [6, 6.07) is 0.432. The molecule has 0 radical (unpaired) electrons. The maximum Gasteiger partial charge on any atom is 0.220 e. The highest BCUT2D eigenvalue weighted by Gasteiger charge is 2.24. The third-order valence-corrected chi connectivity index (χ3v) is 4.63. The number of rotatable bonds is 5. The van der Waals surface area contributed by atoms with Crippen molar-refractivity contribution in [2.45, 2.75) is 51.6 Å². The Morgan fingerprint density at radius 2 is 2.10 bits per heavy atom. The van der Waals surface area contributed by atoms with Gasteiger partial charge in [0.25, 0.3) is 0 Å². The van der Waals surface area contributed by atoms with E-state index in [0.29, 0.717) is 12.6 Å². The molecule has 1 heterocycles. The minimum atomic E-state index is -0.161. The SMILES string of the molecule is CCc1nn(C)c(CNC2CCC(C(N)=O)CC2)c1Cl. The van der Waals surface area contributed by atoms with Crippen LogP contribution in [0.5, 0.6) is 0 Å². The van der Waals surface area contributed by atoms with Gasteiger partial charge in [0.05, 0.1) is 16.4 Å². The molecule has 0 unspecified atom stereocenters. The second kappa shape index (κ2) is 6.59. The molecule has 0 aliphatic heterocycles. The van der Waals surface area contributed by atoms with Crippen LogP contribution < -0.4 is 11.1 Å². The highest BCUT2D eigenvalue weighted by Crippen LogP contribution is 2.25. The number of hydrogen-bond acceptors (Lipinski definition) is 3. The zero-order valence-electron chi connectivity index (χ0n) is 12.2. The van der Waals surface area contributed by atoms with E-state index in [1.165, 1.54) is 0 Å². The van der Waals surface area contributed by atoms with E-state index in [0.717, 1.165) is 48.5 Å². The summed E-state index contributed by atoms with van der Waals surface area (Å²) >= 11 is 6.33. The van der Waals surface area contributed by atoms with Crippen molar-refractivity contribution in [3.8, 4) is 0 Å². The molecule has 1 aliphatic rings. The molecule has 1 fully saturated rings. The Kier molecular flexibility index (Phi) is 5.05. The molecule has 5 nitrogen and oxygen atoms in total. The lowest BCUT2D eigenvalue weighted by Gasteiger charge is -2.27. The van der Waals surface area contributed by atoms with E-state index in [4.69, 9.17) is 17.3 Å². The lowest BCUT2D eigenvalue weighted by molar-refractivity contribution is -0.122. The lowest BCUT2D eigenvalue weighted by atomic mass is 9.85. The molecule has 0 saturated heterocycles. The van der Waals surface area contributed by atoms with Gasteiger partial charge in [0.1, 0.15) is 0 Å². The smallest absolute Gasteiger partial charge is 0.220 e. The number of carbonyl (C=O) groups is 1. The summed E-state index contributed by atoms with van der Waals surface area (Å²) in [5.41, 5.74) is 7.32. The third kappa shape index (κ3) is 3.33. The summed E-state index contributed by atoms with van der Waals surface area (Å²) in [4.78, 5) is 11.1. The molecule has 20 heavy (non-hydrogen) atoms. The predicted molar refractivity (Wildman–Crippen MR) is 79.4 cm³/mol. The minimum Gasteiger partial charge on any atom is -0.369 e. The average Bonchev–Trinajstić information content (AvgIpc) is 2.71. The molecule has 0 atom stereocenters. The number of hydrogen-bond donors (Lipinski definition) is 2.